The van der Waals surface area contributed by atoms with Gasteiger partial charge < -0.3 is 20.3 Å². The van der Waals surface area contributed by atoms with E-state index >= 15 is 0 Å². The summed E-state index contributed by atoms with van der Waals surface area (Å²) in [6.45, 7) is 0.355. The van der Waals surface area contributed by atoms with E-state index in [1.54, 1.807) is 36.4 Å². The Balaban J connectivity index is 1.90. The van der Waals surface area contributed by atoms with Crippen LogP contribution in [0.4, 0.5) is 0 Å². The molecule has 2 aromatic carbocycles. The molecule has 0 heterocycles. The third-order valence-electron chi connectivity index (χ3n) is 3.03. The highest BCUT2D eigenvalue weighted by Gasteiger charge is 2.06. The van der Waals surface area contributed by atoms with Crippen molar-refractivity contribution in [3.05, 3.63) is 53.6 Å². The zero-order valence-electron chi connectivity index (χ0n) is 11.7. The van der Waals surface area contributed by atoms with Crippen molar-refractivity contribution in [2.24, 2.45) is 0 Å². The van der Waals surface area contributed by atoms with Crippen LogP contribution in [0.2, 0.25) is 0 Å². The molecule has 0 aliphatic heterocycles. The minimum absolute atomic E-state index is 0.0664. The number of hydrogen-bond acceptors (Lipinski definition) is 4. The predicted molar refractivity (Wildman–Crippen MR) is 78.3 cm³/mol. The summed E-state index contributed by atoms with van der Waals surface area (Å²) < 4.78 is 5.01. The number of carbonyl (C=O) groups excluding carboxylic acids is 1. The van der Waals surface area contributed by atoms with Gasteiger partial charge in [0.15, 0.2) is 11.5 Å². The molecular formula is C16H17NO4. The van der Waals surface area contributed by atoms with Gasteiger partial charge in [0, 0.05) is 6.54 Å². The third kappa shape index (κ3) is 4.14. The number of amides is 1. The Morgan fingerprint density at radius 1 is 1.10 bits per heavy atom. The summed E-state index contributed by atoms with van der Waals surface area (Å²) >= 11 is 0. The van der Waals surface area contributed by atoms with Gasteiger partial charge in [-0.25, -0.2) is 0 Å². The fourth-order valence-electron chi connectivity index (χ4n) is 1.89. The molecule has 0 fully saturated rings. The van der Waals surface area contributed by atoms with E-state index in [-0.39, 0.29) is 23.8 Å². The van der Waals surface area contributed by atoms with Gasteiger partial charge in [-0.1, -0.05) is 18.2 Å². The summed E-state index contributed by atoms with van der Waals surface area (Å²) in [7, 11) is 1.47. The van der Waals surface area contributed by atoms with Gasteiger partial charge in [0.25, 0.3) is 0 Å². The Morgan fingerprint density at radius 2 is 1.76 bits per heavy atom. The van der Waals surface area contributed by atoms with E-state index in [1.165, 1.54) is 13.2 Å². The van der Waals surface area contributed by atoms with Crippen molar-refractivity contribution >= 4 is 5.91 Å². The van der Waals surface area contributed by atoms with Gasteiger partial charge in [0.1, 0.15) is 5.75 Å². The zero-order chi connectivity index (χ0) is 15.2. The highest BCUT2D eigenvalue weighted by atomic mass is 16.5. The molecular weight excluding hydrogens is 270 g/mol. The smallest absolute Gasteiger partial charge is 0.224 e. The van der Waals surface area contributed by atoms with Crippen molar-refractivity contribution in [1.82, 2.24) is 5.32 Å². The lowest BCUT2D eigenvalue weighted by molar-refractivity contribution is -0.120. The largest absolute Gasteiger partial charge is 0.508 e. The van der Waals surface area contributed by atoms with Crippen molar-refractivity contribution in [3.8, 4) is 17.2 Å². The molecule has 5 heteroatoms. The normalized spacial score (nSPS) is 10.1. The van der Waals surface area contributed by atoms with E-state index in [2.05, 4.69) is 5.32 Å². The molecule has 3 N–H and O–H groups in total. The average molecular weight is 287 g/mol. The van der Waals surface area contributed by atoms with Crippen LogP contribution in [0.5, 0.6) is 17.2 Å². The molecule has 0 aromatic heterocycles. The summed E-state index contributed by atoms with van der Waals surface area (Å²) in [6.07, 6.45) is 0.246. The van der Waals surface area contributed by atoms with Gasteiger partial charge in [0.2, 0.25) is 5.91 Å². The summed E-state index contributed by atoms with van der Waals surface area (Å²) in [5.74, 6) is 0.500. The number of rotatable bonds is 5. The first-order valence-electron chi connectivity index (χ1n) is 6.49. The van der Waals surface area contributed by atoms with Crippen LogP contribution in [0.15, 0.2) is 42.5 Å². The Kier molecular flexibility index (Phi) is 4.66. The van der Waals surface area contributed by atoms with Crippen LogP contribution in [0, 0.1) is 0 Å². The third-order valence-corrected chi connectivity index (χ3v) is 3.03. The summed E-state index contributed by atoms with van der Waals surface area (Å²) in [5.41, 5.74) is 1.66. The molecule has 5 nitrogen and oxygen atoms in total. The molecule has 2 rings (SSSR count). The Labute approximate surface area is 122 Å². The topological polar surface area (TPSA) is 78.8 Å². The molecule has 0 bridgehead atoms. The molecule has 0 saturated heterocycles. The van der Waals surface area contributed by atoms with Crippen molar-refractivity contribution in [3.63, 3.8) is 0 Å². The van der Waals surface area contributed by atoms with Crippen molar-refractivity contribution in [2.45, 2.75) is 13.0 Å². The van der Waals surface area contributed by atoms with Gasteiger partial charge in [-0.15, -0.1) is 0 Å². The lowest BCUT2D eigenvalue weighted by atomic mass is 10.1. The number of aromatic hydroxyl groups is 2. The Morgan fingerprint density at radius 3 is 2.43 bits per heavy atom. The van der Waals surface area contributed by atoms with Crippen LogP contribution < -0.4 is 10.1 Å². The monoisotopic (exact) mass is 287 g/mol. The zero-order valence-corrected chi connectivity index (χ0v) is 11.7. The van der Waals surface area contributed by atoms with Crippen LogP contribution in [0.1, 0.15) is 11.1 Å². The van der Waals surface area contributed by atoms with Crippen molar-refractivity contribution in [1.29, 1.82) is 0 Å². The number of benzene rings is 2. The highest BCUT2D eigenvalue weighted by Crippen LogP contribution is 2.26. The lowest BCUT2D eigenvalue weighted by Crippen LogP contribution is -2.24. The molecule has 0 atom stereocenters. The number of carbonyl (C=O) groups is 1. The standard InChI is InChI=1S/C16H17NO4/c1-21-15-8-12(4-7-14(15)19)10-17-16(20)9-11-2-5-13(18)6-3-11/h2-8,18-19H,9-10H2,1H3,(H,17,20). The van der Waals surface area contributed by atoms with E-state index in [0.717, 1.165) is 11.1 Å². The number of hydrogen-bond donors (Lipinski definition) is 3. The number of ether oxygens (including phenoxy) is 1. The minimum atomic E-state index is -0.118. The summed E-state index contributed by atoms with van der Waals surface area (Å²) in [5, 5.41) is 21.5. The molecule has 2 aromatic rings. The molecule has 0 unspecified atom stereocenters. The van der Waals surface area contributed by atoms with Crippen molar-refractivity contribution < 1.29 is 19.7 Å². The summed E-state index contributed by atoms with van der Waals surface area (Å²) in [4.78, 5) is 11.8. The quantitative estimate of drug-likeness (QED) is 0.785. The van der Waals surface area contributed by atoms with E-state index < -0.39 is 0 Å². The Hall–Kier alpha value is -2.69. The highest BCUT2D eigenvalue weighted by molar-refractivity contribution is 5.78. The van der Waals surface area contributed by atoms with Gasteiger partial charge in [-0.3, -0.25) is 4.79 Å². The lowest BCUT2D eigenvalue weighted by Gasteiger charge is -2.08. The molecule has 0 aliphatic rings. The second-order valence-corrected chi connectivity index (χ2v) is 4.63. The SMILES string of the molecule is COc1cc(CNC(=O)Cc2ccc(O)cc2)ccc1O. The first-order chi connectivity index (χ1) is 10.1. The molecule has 0 spiro atoms. The Bertz CT molecular complexity index is 623. The molecule has 110 valence electrons. The predicted octanol–water partition coefficient (Wildman–Crippen LogP) is 1.97. The first kappa shape index (κ1) is 14.7. The molecule has 0 radical (unpaired) electrons. The van der Waals surface area contributed by atoms with Gasteiger partial charge in [-0.2, -0.15) is 0 Å². The molecule has 0 aliphatic carbocycles. The maximum atomic E-state index is 11.8. The molecule has 21 heavy (non-hydrogen) atoms. The number of phenols is 2. The van der Waals surface area contributed by atoms with E-state index in [9.17, 15) is 15.0 Å². The van der Waals surface area contributed by atoms with Crippen molar-refractivity contribution in [2.75, 3.05) is 7.11 Å². The van der Waals surface area contributed by atoms with Crippen LogP contribution in [-0.4, -0.2) is 23.2 Å². The second-order valence-electron chi connectivity index (χ2n) is 4.63. The molecule has 1 amide bonds. The fourth-order valence-corrected chi connectivity index (χ4v) is 1.89. The van der Waals surface area contributed by atoms with E-state index in [0.29, 0.717) is 12.3 Å². The van der Waals surface area contributed by atoms with Crippen LogP contribution in [0.3, 0.4) is 0 Å². The fraction of sp³-hybridized carbons (Fsp3) is 0.188. The van der Waals surface area contributed by atoms with Crippen LogP contribution in [0.25, 0.3) is 0 Å². The maximum Gasteiger partial charge on any atom is 0.224 e. The minimum Gasteiger partial charge on any atom is -0.508 e. The average Bonchev–Trinajstić information content (AvgIpc) is 2.49. The second kappa shape index (κ2) is 6.65. The van der Waals surface area contributed by atoms with Gasteiger partial charge in [0.05, 0.1) is 13.5 Å². The number of methoxy groups -OCH3 is 1. The number of phenolic OH excluding ortho intramolecular Hbond substituents is 2. The first-order valence-corrected chi connectivity index (χ1v) is 6.49. The number of nitrogens with one attached hydrogen (secondary N) is 1. The summed E-state index contributed by atoms with van der Waals surface area (Å²) in [6, 6.07) is 11.4. The maximum absolute atomic E-state index is 11.8. The van der Waals surface area contributed by atoms with Gasteiger partial charge in [-0.05, 0) is 35.4 Å². The van der Waals surface area contributed by atoms with Crippen LogP contribution >= 0.6 is 0 Å². The van der Waals surface area contributed by atoms with E-state index in [4.69, 9.17) is 4.74 Å². The molecule has 0 saturated carbocycles. The van der Waals surface area contributed by atoms with E-state index in [1.807, 2.05) is 0 Å². The van der Waals surface area contributed by atoms with Crippen LogP contribution in [-0.2, 0) is 17.8 Å². The van der Waals surface area contributed by atoms with Gasteiger partial charge >= 0.3 is 0 Å².